The molecule has 1 atom stereocenters. The summed E-state index contributed by atoms with van der Waals surface area (Å²) in [5, 5.41) is 21.0. The van der Waals surface area contributed by atoms with Gasteiger partial charge in [-0.25, -0.2) is 15.0 Å². The molecule has 20 heteroatoms. The molecule has 0 bridgehead atoms. The predicted octanol–water partition coefficient (Wildman–Crippen LogP) is 7.83. The maximum atomic E-state index is 13.2. The highest BCUT2D eigenvalue weighted by Crippen LogP contribution is 2.33. The molecule has 5 amide bonds. The summed E-state index contributed by atoms with van der Waals surface area (Å²) in [6.07, 6.45) is 1.94. The van der Waals surface area contributed by atoms with Crippen LogP contribution in [-0.4, -0.2) is 99.7 Å². The number of azo groups is 1. The number of amides is 5. The second-order valence-electron chi connectivity index (χ2n) is 16.3. The van der Waals surface area contributed by atoms with E-state index >= 15 is 0 Å². The third-order valence-electron chi connectivity index (χ3n) is 11.7. The molecular weight excluding hydrogens is 908 g/mol. The quantitative estimate of drug-likeness (QED) is 0.0607. The molecule has 0 aliphatic carbocycles. The van der Waals surface area contributed by atoms with Gasteiger partial charge in [0.05, 0.1) is 28.3 Å². The number of para-hydroxylation sites is 1. The normalized spacial score (nSPS) is 16.2. The molecule has 0 radical (unpaired) electrons. The monoisotopic (exact) mass is 952 g/mol. The number of aryl methyl sites for hydroxylation is 2. The van der Waals surface area contributed by atoms with Crippen molar-refractivity contribution in [2.24, 2.45) is 10.2 Å². The summed E-state index contributed by atoms with van der Waals surface area (Å²) < 4.78 is 6.05. The Balaban J connectivity index is 0.706. The molecule has 9 rings (SSSR count). The lowest BCUT2D eigenvalue weighted by Gasteiger charge is -2.35. The summed E-state index contributed by atoms with van der Waals surface area (Å²) in [6.45, 7) is 8.37. The molecule has 1 unspecified atom stereocenters. The number of imide groups is 1. The van der Waals surface area contributed by atoms with Gasteiger partial charge in [-0.15, -0.1) is 0 Å². The summed E-state index contributed by atoms with van der Waals surface area (Å²) in [5.74, 6) is 0.916. The van der Waals surface area contributed by atoms with Crippen LogP contribution in [0.4, 0.5) is 39.5 Å². The molecule has 0 spiro atoms. The van der Waals surface area contributed by atoms with Crippen molar-refractivity contribution in [2.45, 2.75) is 39.3 Å². The molecule has 4 aromatic carbocycles. The number of hydrogen-bond donors (Lipinski definition) is 4. The van der Waals surface area contributed by atoms with Crippen molar-refractivity contribution in [2.75, 3.05) is 60.2 Å². The fourth-order valence-electron chi connectivity index (χ4n) is 8.08. The van der Waals surface area contributed by atoms with Gasteiger partial charge in [0, 0.05) is 74.1 Å². The number of piperidine rings is 1. The molecule has 18 nitrogen and oxygen atoms in total. The zero-order chi connectivity index (χ0) is 47.3. The van der Waals surface area contributed by atoms with Crippen molar-refractivity contribution >= 4 is 92.0 Å². The lowest BCUT2D eigenvalue weighted by Crippen LogP contribution is -2.52. The van der Waals surface area contributed by atoms with Crippen molar-refractivity contribution in [1.82, 2.24) is 30.1 Å². The Morgan fingerprint density at radius 3 is 2.35 bits per heavy atom. The second kappa shape index (κ2) is 20.1. The first-order valence-corrected chi connectivity index (χ1v) is 23.1. The van der Waals surface area contributed by atoms with Gasteiger partial charge < -0.3 is 30.5 Å². The fourth-order valence-corrected chi connectivity index (χ4v) is 9.07. The molecule has 5 heterocycles. The van der Waals surface area contributed by atoms with Crippen molar-refractivity contribution in [1.29, 1.82) is 0 Å². The molecule has 4 N–H and O–H groups in total. The minimum Gasteiger partial charge on any atom is -0.492 e. The number of piperazine rings is 1. The van der Waals surface area contributed by atoms with Crippen molar-refractivity contribution in [3.05, 3.63) is 135 Å². The first kappa shape index (κ1) is 45.5. The summed E-state index contributed by atoms with van der Waals surface area (Å²) in [6, 6.07) is 25.7. The Labute approximate surface area is 399 Å². The van der Waals surface area contributed by atoms with E-state index in [1.165, 1.54) is 22.4 Å². The topological polar surface area (TPSA) is 216 Å². The number of nitrogens with one attached hydrogen (secondary N) is 4. The maximum absolute atomic E-state index is 13.2. The Morgan fingerprint density at radius 1 is 0.882 bits per heavy atom. The van der Waals surface area contributed by atoms with Gasteiger partial charge in [0.25, 0.3) is 17.7 Å². The fraction of sp³-hybridized carbons (Fsp3) is 0.250. The number of carbonyl (C=O) groups is 5. The Hall–Kier alpha value is -7.61. The molecule has 346 valence electrons. The van der Waals surface area contributed by atoms with Crippen LogP contribution in [-0.2, 0) is 16.1 Å². The first-order chi connectivity index (χ1) is 32.9. The van der Waals surface area contributed by atoms with Gasteiger partial charge in [-0.3, -0.25) is 34.2 Å². The van der Waals surface area contributed by atoms with Gasteiger partial charge in [-0.1, -0.05) is 41.1 Å². The van der Waals surface area contributed by atoms with Crippen LogP contribution in [0.3, 0.4) is 0 Å². The SMILES string of the molecule is Cc1nc(Nc2ncc(C(=O)Nc3c(C)cccc3Cl)s2)cc(N2CCN(CCOc3ccc(/N=N/c4ccc(C(=O)Nc5cccc6c5CN(C5CCC(=O)NC5=O)C6=O)cc4)cc3)CC2)n1. The van der Waals surface area contributed by atoms with Crippen LogP contribution in [0.25, 0.3) is 0 Å². The molecule has 2 fully saturated rings. The van der Waals surface area contributed by atoms with E-state index in [4.69, 9.17) is 21.3 Å². The van der Waals surface area contributed by atoms with E-state index in [1.807, 2.05) is 56.3 Å². The average molecular weight is 953 g/mol. The first-order valence-electron chi connectivity index (χ1n) is 21.9. The minimum absolute atomic E-state index is 0.144. The largest absolute Gasteiger partial charge is 0.492 e. The molecule has 3 aliphatic rings. The third-order valence-corrected chi connectivity index (χ3v) is 12.9. The average Bonchev–Trinajstić information content (AvgIpc) is 3.94. The summed E-state index contributed by atoms with van der Waals surface area (Å²) in [4.78, 5) is 83.6. The van der Waals surface area contributed by atoms with Gasteiger partial charge >= 0.3 is 0 Å². The number of aromatic nitrogens is 3. The van der Waals surface area contributed by atoms with E-state index in [0.717, 1.165) is 49.9 Å². The second-order valence-corrected chi connectivity index (χ2v) is 17.7. The number of nitrogens with zero attached hydrogens (tertiary/aromatic N) is 8. The van der Waals surface area contributed by atoms with Crippen LogP contribution in [0.1, 0.15) is 60.2 Å². The zero-order valence-corrected chi connectivity index (χ0v) is 38.6. The molecule has 6 aromatic rings. The lowest BCUT2D eigenvalue weighted by atomic mass is 10.0. The molecule has 3 aliphatic heterocycles. The minimum atomic E-state index is -0.749. The summed E-state index contributed by atoms with van der Waals surface area (Å²) in [5.41, 5.74) is 4.52. The van der Waals surface area contributed by atoms with Gasteiger partial charge in [0.2, 0.25) is 11.8 Å². The van der Waals surface area contributed by atoms with Crippen LogP contribution in [0.5, 0.6) is 5.75 Å². The summed E-state index contributed by atoms with van der Waals surface area (Å²) in [7, 11) is 0. The number of fused-ring (bicyclic) bond motifs is 1. The van der Waals surface area contributed by atoms with Crippen LogP contribution >= 0.6 is 22.9 Å². The lowest BCUT2D eigenvalue weighted by molar-refractivity contribution is -0.136. The van der Waals surface area contributed by atoms with E-state index in [-0.39, 0.29) is 43.0 Å². The van der Waals surface area contributed by atoms with E-state index in [9.17, 15) is 24.0 Å². The van der Waals surface area contributed by atoms with Crippen molar-refractivity contribution < 1.29 is 28.7 Å². The molecule has 68 heavy (non-hydrogen) atoms. The smallest absolute Gasteiger partial charge is 0.267 e. The van der Waals surface area contributed by atoms with Crippen LogP contribution in [0, 0.1) is 13.8 Å². The van der Waals surface area contributed by atoms with Crippen molar-refractivity contribution in [3.8, 4) is 5.75 Å². The number of hydrogen-bond acceptors (Lipinski definition) is 15. The number of halogens is 1. The number of ether oxygens (including phenoxy) is 1. The zero-order valence-electron chi connectivity index (χ0n) is 37.0. The number of carbonyl (C=O) groups excluding carboxylic acids is 5. The van der Waals surface area contributed by atoms with E-state index in [0.29, 0.717) is 72.7 Å². The van der Waals surface area contributed by atoms with E-state index in [2.05, 4.69) is 51.3 Å². The Bertz CT molecular complexity index is 2920. The number of thiazole rings is 1. The highest BCUT2D eigenvalue weighted by atomic mass is 35.5. The highest BCUT2D eigenvalue weighted by Gasteiger charge is 2.40. The van der Waals surface area contributed by atoms with Crippen LogP contribution in [0.2, 0.25) is 5.02 Å². The molecule has 0 saturated carbocycles. The molecule has 2 saturated heterocycles. The van der Waals surface area contributed by atoms with Crippen LogP contribution < -0.4 is 30.9 Å². The predicted molar refractivity (Wildman–Crippen MR) is 258 cm³/mol. The Kier molecular flexibility index (Phi) is 13.5. The van der Waals surface area contributed by atoms with Gasteiger partial charge in [-0.2, -0.15) is 10.2 Å². The van der Waals surface area contributed by atoms with Crippen molar-refractivity contribution in [3.63, 3.8) is 0 Å². The van der Waals surface area contributed by atoms with E-state index in [1.54, 1.807) is 48.5 Å². The molecular formula is C48H45ClN12O6S. The number of rotatable bonds is 14. The number of anilines is 5. The van der Waals surface area contributed by atoms with Gasteiger partial charge in [0.1, 0.15) is 40.7 Å². The van der Waals surface area contributed by atoms with Crippen LogP contribution in [0.15, 0.2) is 107 Å². The standard InChI is InChI=1S/C48H45ClN12O6S/c1-28-5-3-7-36(49)43(28)56-46(65)39-26-50-48(68-39)54-40-25-41(52-29(2)51-40)60-21-19-59(20-22-60)23-24-67-33-15-13-32(14-16-33)58-57-31-11-9-30(10-12-31)44(63)53-37-8-4-6-34-35(37)27-61(47(34)66)38-17-18-42(62)55-45(38)64/h3-16,25-26,38H,17-24,27H2,1-2H3,(H,53,63)(H,56,65)(H,55,62,64)(H,50,51,52,54)/b58-57+. The third kappa shape index (κ3) is 10.5. The summed E-state index contributed by atoms with van der Waals surface area (Å²) >= 11 is 7.52. The Morgan fingerprint density at radius 2 is 1.62 bits per heavy atom. The molecule has 2 aromatic heterocycles. The highest BCUT2D eigenvalue weighted by molar-refractivity contribution is 7.17. The number of benzene rings is 4. The van der Waals surface area contributed by atoms with E-state index < -0.39 is 11.9 Å². The van der Waals surface area contributed by atoms with Gasteiger partial charge in [0.15, 0.2) is 5.13 Å². The van der Waals surface area contributed by atoms with Gasteiger partial charge in [-0.05, 0) is 92.6 Å². The maximum Gasteiger partial charge on any atom is 0.267 e.